The number of anilines is 1. The van der Waals surface area contributed by atoms with Gasteiger partial charge in [-0.2, -0.15) is 0 Å². The SMILES string of the molecule is CC(C)(C)OC(=O)Nc1ccc(-c2cnc(CCCO)nc2)cc1. The second-order valence-electron chi connectivity index (χ2n) is 6.42. The van der Waals surface area contributed by atoms with Gasteiger partial charge in [-0.1, -0.05) is 12.1 Å². The zero-order valence-electron chi connectivity index (χ0n) is 14.2. The molecule has 0 saturated heterocycles. The quantitative estimate of drug-likeness (QED) is 0.878. The highest BCUT2D eigenvalue weighted by Gasteiger charge is 2.16. The van der Waals surface area contributed by atoms with Crippen molar-refractivity contribution >= 4 is 11.8 Å². The molecule has 0 saturated carbocycles. The first-order valence-corrected chi connectivity index (χ1v) is 7.89. The standard InChI is InChI=1S/C18H23N3O3/c1-18(2,3)24-17(23)21-15-8-6-13(7-9-15)14-11-19-16(20-12-14)5-4-10-22/h6-9,11-12,22H,4-5,10H2,1-3H3,(H,21,23). The van der Waals surface area contributed by atoms with Gasteiger partial charge in [0.2, 0.25) is 0 Å². The maximum atomic E-state index is 11.7. The minimum atomic E-state index is -0.529. The number of aliphatic hydroxyl groups is 1. The number of aryl methyl sites for hydroxylation is 1. The van der Waals surface area contributed by atoms with Gasteiger partial charge >= 0.3 is 6.09 Å². The van der Waals surface area contributed by atoms with E-state index in [4.69, 9.17) is 9.84 Å². The molecule has 1 amide bonds. The summed E-state index contributed by atoms with van der Waals surface area (Å²) in [6, 6.07) is 7.38. The molecule has 2 rings (SSSR count). The number of benzene rings is 1. The molecule has 0 aliphatic heterocycles. The van der Waals surface area contributed by atoms with Gasteiger partial charge in [0.05, 0.1) is 0 Å². The van der Waals surface area contributed by atoms with Crippen molar-refractivity contribution in [2.75, 3.05) is 11.9 Å². The number of hydrogen-bond donors (Lipinski definition) is 2. The van der Waals surface area contributed by atoms with E-state index in [1.54, 1.807) is 24.5 Å². The van der Waals surface area contributed by atoms with Gasteiger partial charge in [-0.05, 0) is 44.9 Å². The van der Waals surface area contributed by atoms with Gasteiger partial charge in [0.15, 0.2) is 0 Å². The van der Waals surface area contributed by atoms with Gasteiger partial charge in [0.25, 0.3) is 0 Å². The summed E-state index contributed by atoms with van der Waals surface area (Å²) in [4.78, 5) is 20.3. The first-order chi connectivity index (χ1) is 11.4. The molecule has 2 N–H and O–H groups in total. The Morgan fingerprint density at radius 1 is 1.12 bits per heavy atom. The third kappa shape index (κ3) is 5.62. The average Bonchev–Trinajstić information content (AvgIpc) is 2.52. The Balaban J connectivity index is 2.00. The lowest BCUT2D eigenvalue weighted by Crippen LogP contribution is -2.27. The third-order valence-electron chi connectivity index (χ3n) is 3.13. The van der Waals surface area contributed by atoms with Crippen LogP contribution in [0.25, 0.3) is 11.1 Å². The van der Waals surface area contributed by atoms with Crippen molar-refractivity contribution in [2.24, 2.45) is 0 Å². The van der Waals surface area contributed by atoms with E-state index >= 15 is 0 Å². The average molecular weight is 329 g/mol. The van der Waals surface area contributed by atoms with Crippen molar-refractivity contribution in [2.45, 2.75) is 39.2 Å². The number of carbonyl (C=O) groups is 1. The Kier molecular flexibility index (Phi) is 5.87. The predicted octanol–water partition coefficient (Wildman–Crippen LogP) is 3.42. The molecule has 0 aliphatic carbocycles. The second kappa shape index (κ2) is 7.88. The molecule has 0 radical (unpaired) electrons. The minimum Gasteiger partial charge on any atom is -0.444 e. The Hall–Kier alpha value is -2.47. The lowest BCUT2D eigenvalue weighted by Gasteiger charge is -2.19. The van der Waals surface area contributed by atoms with Gasteiger partial charge < -0.3 is 9.84 Å². The van der Waals surface area contributed by atoms with Crippen molar-refractivity contribution in [1.82, 2.24) is 9.97 Å². The summed E-state index contributed by atoms with van der Waals surface area (Å²) in [7, 11) is 0. The fourth-order valence-electron chi connectivity index (χ4n) is 2.04. The second-order valence-corrected chi connectivity index (χ2v) is 6.42. The van der Waals surface area contributed by atoms with Crippen LogP contribution in [0.2, 0.25) is 0 Å². The van der Waals surface area contributed by atoms with E-state index < -0.39 is 11.7 Å². The number of aliphatic hydroxyl groups excluding tert-OH is 1. The maximum Gasteiger partial charge on any atom is 0.412 e. The number of aromatic nitrogens is 2. The van der Waals surface area contributed by atoms with Crippen LogP contribution >= 0.6 is 0 Å². The molecule has 0 atom stereocenters. The van der Waals surface area contributed by atoms with Crippen LogP contribution < -0.4 is 5.32 Å². The van der Waals surface area contributed by atoms with Crippen LogP contribution in [0.15, 0.2) is 36.7 Å². The van der Waals surface area contributed by atoms with Crippen molar-refractivity contribution in [3.8, 4) is 11.1 Å². The van der Waals surface area contributed by atoms with Crippen LogP contribution in [-0.4, -0.2) is 33.4 Å². The first-order valence-electron chi connectivity index (χ1n) is 7.89. The lowest BCUT2D eigenvalue weighted by molar-refractivity contribution is 0.0636. The van der Waals surface area contributed by atoms with Crippen LogP contribution in [-0.2, 0) is 11.2 Å². The van der Waals surface area contributed by atoms with E-state index in [0.717, 1.165) is 17.0 Å². The van der Waals surface area contributed by atoms with Gasteiger partial charge in [0.1, 0.15) is 11.4 Å². The van der Waals surface area contributed by atoms with Crippen LogP contribution in [0.5, 0.6) is 0 Å². The topological polar surface area (TPSA) is 84.3 Å². The fourth-order valence-corrected chi connectivity index (χ4v) is 2.04. The monoisotopic (exact) mass is 329 g/mol. The number of ether oxygens (including phenoxy) is 1. The zero-order chi connectivity index (χ0) is 17.6. The van der Waals surface area contributed by atoms with E-state index in [2.05, 4.69) is 15.3 Å². The summed E-state index contributed by atoms with van der Waals surface area (Å²) in [6.45, 7) is 5.59. The molecule has 0 fully saturated rings. The highest BCUT2D eigenvalue weighted by atomic mass is 16.6. The summed E-state index contributed by atoms with van der Waals surface area (Å²) in [5.41, 5.74) is 1.98. The maximum absolute atomic E-state index is 11.7. The number of hydrogen-bond acceptors (Lipinski definition) is 5. The molecule has 0 unspecified atom stereocenters. The predicted molar refractivity (Wildman–Crippen MR) is 92.7 cm³/mol. The van der Waals surface area contributed by atoms with E-state index in [0.29, 0.717) is 18.5 Å². The Labute approximate surface area is 141 Å². The summed E-state index contributed by atoms with van der Waals surface area (Å²) >= 11 is 0. The number of nitrogens with one attached hydrogen (secondary N) is 1. The Morgan fingerprint density at radius 3 is 2.29 bits per heavy atom. The van der Waals surface area contributed by atoms with Crippen LogP contribution in [0.4, 0.5) is 10.5 Å². The van der Waals surface area contributed by atoms with Crippen molar-refractivity contribution in [3.05, 3.63) is 42.5 Å². The highest BCUT2D eigenvalue weighted by Crippen LogP contribution is 2.20. The number of rotatable bonds is 5. The molecule has 1 aromatic carbocycles. The summed E-state index contributed by atoms with van der Waals surface area (Å²) in [6.07, 6.45) is 4.36. The van der Waals surface area contributed by atoms with Gasteiger partial charge in [-0.25, -0.2) is 14.8 Å². The first kappa shape index (κ1) is 17.9. The third-order valence-corrected chi connectivity index (χ3v) is 3.13. The van der Waals surface area contributed by atoms with Crippen LogP contribution in [0.1, 0.15) is 33.0 Å². The van der Waals surface area contributed by atoms with E-state index in [-0.39, 0.29) is 6.61 Å². The molecule has 128 valence electrons. The van der Waals surface area contributed by atoms with Gasteiger partial charge in [-0.15, -0.1) is 0 Å². The largest absolute Gasteiger partial charge is 0.444 e. The highest BCUT2D eigenvalue weighted by molar-refractivity contribution is 5.85. The van der Waals surface area contributed by atoms with Crippen LogP contribution in [0, 0.1) is 0 Å². The molecule has 24 heavy (non-hydrogen) atoms. The molecule has 1 heterocycles. The molecular weight excluding hydrogens is 306 g/mol. The molecular formula is C18H23N3O3. The number of carbonyl (C=O) groups excluding carboxylic acids is 1. The van der Waals surface area contributed by atoms with Crippen molar-refractivity contribution in [1.29, 1.82) is 0 Å². The van der Waals surface area contributed by atoms with Crippen LogP contribution in [0.3, 0.4) is 0 Å². The smallest absolute Gasteiger partial charge is 0.412 e. The molecule has 0 bridgehead atoms. The Morgan fingerprint density at radius 2 is 1.75 bits per heavy atom. The molecule has 1 aromatic heterocycles. The minimum absolute atomic E-state index is 0.136. The van der Waals surface area contributed by atoms with E-state index in [1.165, 1.54) is 0 Å². The summed E-state index contributed by atoms with van der Waals surface area (Å²) in [5, 5.41) is 11.5. The van der Waals surface area contributed by atoms with E-state index in [9.17, 15) is 4.79 Å². The normalized spacial score (nSPS) is 11.2. The number of nitrogens with zero attached hydrogens (tertiary/aromatic N) is 2. The van der Waals surface area contributed by atoms with Gasteiger partial charge in [-0.3, -0.25) is 5.32 Å². The Bertz CT molecular complexity index is 661. The molecule has 6 nitrogen and oxygen atoms in total. The molecule has 6 heteroatoms. The molecule has 0 aliphatic rings. The molecule has 0 spiro atoms. The van der Waals surface area contributed by atoms with E-state index in [1.807, 2.05) is 32.9 Å². The number of amides is 1. The van der Waals surface area contributed by atoms with Crippen molar-refractivity contribution < 1.29 is 14.6 Å². The van der Waals surface area contributed by atoms with Gasteiger partial charge in [0, 0.05) is 36.7 Å². The van der Waals surface area contributed by atoms with Crippen molar-refractivity contribution in [3.63, 3.8) is 0 Å². The zero-order valence-corrected chi connectivity index (χ0v) is 14.2. The molecule has 2 aromatic rings. The summed E-state index contributed by atoms with van der Waals surface area (Å²) < 4.78 is 5.21. The fraction of sp³-hybridized carbons (Fsp3) is 0.389. The summed E-state index contributed by atoms with van der Waals surface area (Å²) in [5.74, 6) is 0.719. The lowest BCUT2D eigenvalue weighted by atomic mass is 10.1.